The number of hydrogen-bond acceptors (Lipinski definition) is 4. The highest BCUT2D eigenvalue weighted by Gasteiger charge is 2.23. The molecule has 0 heterocycles. The van der Waals surface area contributed by atoms with Crippen molar-refractivity contribution in [1.82, 2.24) is 0 Å². The van der Waals surface area contributed by atoms with Crippen molar-refractivity contribution in [2.45, 2.75) is 26.2 Å². The molecule has 0 fully saturated rings. The fourth-order valence-corrected chi connectivity index (χ4v) is 3.91. The standard InChI is InChI=1S/C25H23ClF2N2O3/c1-14-5-8-18(25(29)33)17(4-2-3-11-31)23(14)24(32)19-9-7-16(13-20(19)26)30-22-10-6-15(27)12-21(22)28/h5-10,12-13,30-31H,2-4,11H2,1H3,(H2,29,33). The van der Waals surface area contributed by atoms with Gasteiger partial charge in [-0.3, -0.25) is 9.59 Å². The number of nitrogens with two attached hydrogens (primary N) is 1. The number of aliphatic hydroxyl groups is 1. The Bertz CT molecular complexity index is 1210. The molecular formula is C25H23ClF2N2O3. The summed E-state index contributed by atoms with van der Waals surface area (Å²) in [4.78, 5) is 25.5. The molecule has 0 atom stereocenters. The summed E-state index contributed by atoms with van der Waals surface area (Å²) in [6.45, 7) is 1.75. The average Bonchev–Trinajstić information content (AvgIpc) is 2.75. The molecule has 33 heavy (non-hydrogen) atoms. The number of hydrogen-bond donors (Lipinski definition) is 3. The van der Waals surface area contributed by atoms with Crippen molar-refractivity contribution in [3.63, 3.8) is 0 Å². The maximum atomic E-state index is 13.9. The lowest BCUT2D eigenvalue weighted by Gasteiger charge is -2.16. The number of carbonyl (C=O) groups is 2. The van der Waals surface area contributed by atoms with E-state index in [2.05, 4.69) is 5.32 Å². The van der Waals surface area contributed by atoms with E-state index in [9.17, 15) is 18.4 Å². The lowest BCUT2D eigenvalue weighted by atomic mass is 9.88. The minimum atomic E-state index is -0.766. The topological polar surface area (TPSA) is 92.4 Å². The van der Waals surface area contributed by atoms with E-state index in [0.29, 0.717) is 41.6 Å². The van der Waals surface area contributed by atoms with Gasteiger partial charge in [0.15, 0.2) is 5.78 Å². The second-order valence-corrected chi connectivity index (χ2v) is 8.01. The fourth-order valence-electron chi connectivity index (χ4n) is 3.64. The molecule has 4 N–H and O–H groups in total. The first kappa shape index (κ1) is 24.4. The maximum Gasteiger partial charge on any atom is 0.249 e. The van der Waals surface area contributed by atoms with Gasteiger partial charge in [0, 0.05) is 35.1 Å². The molecule has 0 bridgehead atoms. The molecule has 3 aromatic rings. The van der Waals surface area contributed by atoms with Crippen LogP contribution in [0.4, 0.5) is 20.2 Å². The van der Waals surface area contributed by atoms with Gasteiger partial charge < -0.3 is 16.2 Å². The zero-order valence-corrected chi connectivity index (χ0v) is 18.7. The first-order chi connectivity index (χ1) is 15.7. The van der Waals surface area contributed by atoms with Gasteiger partial charge in [-0.2, -0.15) is 0 Å². The number of benzene rings is 3. The number of unbranched alkanes of at least 4 members (excludes halogenated alkanes) is 1. The first-order valence-electron chi connectivity index (χ1n) is 10.3. The monoisotopic (exact) mass is 472 g/mol. The molecular weight excluding hydrogens is 450 g/mol. The summed E-state index contributed by atoms with van der Waals surface area (Å²) in [7, 11) is 0. The van der Waals surface area contributed by atoms with E-state index < -0.39 is 17.5 Å². The fraction of sp³-hybridized carbons (Fsp3) is 0.200. The predicted octanol–water partition coefficient (Wildman–Crippen LogP) is 5.32. The van der Waals surface area contributed by atoms with Crippen LogP contribution in [0, 0.1) is 18.6 Å². The molecule has 0 radical (unpaired) electrons. The van der Waals surface area contributed by atoms with E-state index in [-0.39, 0.29) is 34.2 Å². The number of halogens is 3. The van der Waals surface area contributed by atoms with Crippen molar-refractivity contribution < 1.29 is 23.5 Å². The lowest BCUT2D eigenvalue weighted by Crippen LogP contribution is -2.18. The van der Waals surface area contributed by atoms with Crippen LogP contribution in [0.5, 0.6) is 0 Å². The Hall–Kier alpha value is -3.29. The first-order valence-corrected chi connectivity index (χ1v) is 10.7. The van der Waals surface area contributed by atoms with E-state index in [4.69, 9.17) is 22.4 Å². The van der Waals surface area contributed by atoms with E-state index in [0.717, 1.165) is 12.1 Å². The van der Waals surface area contributed by atoms with E-state index in [1.54, 1.807) is 25.1 Å². The number of amides is 1. The second kappa shape index (κ2) is 10.6. The van der Waals surface area contributed by atoms with Gasteiger partial charge in [0.1, 0.15) is 11.6 Å². The van der Waals surface area contributed by atoms with Gasteiger partial charge >= 0.3 is 0 Å². The summed E-state index contributed by atoms with van der Waals surface area (Å²) in [6, 6.07) is 10.9. The number of nitrogens with one attached hydrogen (secondary N) is 1. The molecule has 0 aliphatic rings. The summed E-state index contributed by atoms with van der Waals surface area (Å²) >= 11 is 6.40. The highest BCUT2D eigenvalue weighted by Crippen LogP contribution is 2.30. The van der Waals surface area contributed by atoms with Gasteiger partial charge in [0.05, 0.1) is 10.7 Å². The number of aryl methyl sites for hydroxylation is 1. The van der Waals surface area contributed by atoms with Gasteiger partial charge in [0.2, 0.25) is 5.91 Å². The van der Waals surface area contributed by atoms with Crippen molar-refractivity contribution >= 4 is 34.7 Å². The smallest absolute Gasteiger partial charge is 0.249 e. The third-order valence-electron chi connectivity index (χ3n) is 5.27. The molecule has 3 rings (SSSR count). The Morgan fingerprint density at radius 2 is 1.76 bits per heavy atom. The molecule has 3 aromatic carbocycles. The average molecular weight is 473 g/mol. The number of rotatable bonds is 9. The number of aliphatic hydroxyl groups excluding tert-OH is 1. The summed E-state index contributed by atoms with van der Waals surface area (Å²) in [6.07, 6.45) is 1.48. The second-order valence-electron chi connectivity index (χ2n) is 7.60. The Balaban J connectivity index is 1.98. The van der Waals surface area contributed by atoms with E-state index in [1.807, 2.05) is 0 Å². The van der Waals surface area contributed by atoms with Crippen molar-refractivity contribution in [3.8, 4) is 0 Å². The predicted molar refractivity (Wildman–Crippen MR) is 124 cm³/mol. The summed E-state index contributed by atoms with van der Waals surface area (Å²) in [5.74, 6) is -2.48. The molecule has 0 aliphatic heterocycles. The molecule has 0 saturated carbocycles. The third-order valence-corrected chi connectivity index (χ3v) is 5.59. The highest BCUT2D eigenvalue weighted by molar-refractivity contribution is 6.35. The minimum Gasteiger partial charge on any atom is -0.396 e. The van der Waals surface area contributed by atoms with Gasteiger partial charge in [-0.05, 0) is 73.7 Å². The van der Waals surface area contributed by atoms with Crippen LogP contribution in [0.3, 0.4) is 0 Å². The van der Waals surface area contributed by atoms with Crippen LogP contribution in [-0.2, 0) is 6.42 Å². The van der Waals surface area contributed by atoms with Gasteiger partial charge in [-0.15, -0.1) is 0 Å². The maximum absolute atomic E-state index is 13.9. The zero-order valence-electron chi connectivity index (χ0n) is 17.9. The third kappa shape index (κ3) is 5.56. The summed E-state index contributed by atoms with van der Waals surface area (Å²) in [5.41, 5.74) is 7.99. The highest BCUT2D eigenvalue weighted by atomic mass is 35.5. The van der Waals surface area contributed by atoms with Gasteiger partial charge in [-0.25, -0.2) is 8.78 Å². The van der Waals surface area contributed by atoms with Crippen LogP contribution in [0.15, 0.2) is 48.5 Å². The van der Waals surface area contributed by atoms with Crippen molar-refractivity contribution in [1.29, 1.82) is 0 Å². The van der Waals surface area contributed by atoms with Crippen LogP contribution in [-0.4, -0.2) is 23.4 Å². The number of primary amides is 1. The Morgan fingerprint density at radius 3 is 2.39 bits per heavy atom. The van der Waals surface area contributed by atoms with Crippen LogP contribution >= 0.6 is 11.6 Å². The molecule has 8 heteroatoms. The zero-order chi connectivity index (χ0) is 24.1. The molecule has 172 valence electrons. The summed E-state index contributed by atoms with van der Waals surface area (Å²) in [5, 5.41) is 12.0. The Morgan fingerprint density at radius 1 is 1.03 bits per heavy atom. The molecule has 0 spiro atoms. The largest absolute Gasteiger partial charge is 0.396 e. The van der Waals surface area contributed by atoms with Gasteiger partial charge in [-0.1, -0.05) is 17.7 Å². The van der Waals surface area contributed by atoms with Crippen molar-refractivity contribution in [2.24, 2.45) is 5.73 Å². The lowest BCUT2D eigenvalue weighted by molar-refractivity contribution is 0.0999. The normalized spacial score (nSPS) is 10.8. The molecule has 0 aliphatic carbocycles. The number of carbonyl (C=O) groups excluding carboxylic acids is 2. The Labute approximate surface area is 195 Å². The molecule has 0 unspecified atom stereocenters. The van der Waals surface area contributed by atoms with Crippen LogP contribution in [0.1, 0.15) is 50.2 Å². The Kier molecular flexibility index (Phi) is 7.79. The van der Waals surface area contributed by atoms with E-state index >= 15 is 0 Å². The number of anilines is 2. The van der Waals surface area contributed by atoms with Crippen molar-refractivity contribution in [3.05, 3.63) is 93.0 Å². The van der Waals surface area contributed by atoms with Crippen molar-refractivity contribution in [2.75, 3.05) is 11.9 Å². The van der Waals surface area contributed by atoms with Crippen LogP contribution in [0.25, 0.3) is 0 Å². The molecule has 0 aromatic heterocycles. The van der Waals surface area contributed by atoms with Crippen LogP contribution < -0.4 is 11.1 Å². The van der Waals surface area contributed by atoms with E-state index in [1.165, 1.54) is 18.2 Å². The quantitative estimate of drug-likeness (QED) is 0.290. The number of ketones is 1. The van der Waals surface area contributed by atoms with Gasteiger partial charge in [0.25, 0.3) is 0 Å². The molecule has 5 nitrogen and oxygen atoms in total. The molecule has 0 saturated heterocycles. The molecule has 1 amide bonds. The van der Waals surface area contributed by atoms with Crippen LogP contribution in [0.2, 0.25) is 5.02 Å². The summed E-state index contributed by atoms with van der Waals surface area (Å²) < 4.78 is 27.1. The SMILES string of the molecule is Cc1ccc(C(N)=O)c(CCCCO)c1C(=O)c1ccc(Nc2ccc(F)cc2F)cc1Cl. The minimum absolute atomic E-state index is 0.00403.